The first-order valence-electron chi connectivity index (χ1n) is 10.5. The molecular weight excluding hydrogens is 442 g/mol. The van der Waals surface area contributed by atoms with E-state index in [2.05, 4.69) is 40.0 Å². The second-order valence-electron chi connectivity index (χ2n) is 8.15. The maximum atomic E-state index is 13.4. The quantitative estimate of drug-likeness (QED) is 0.619. The molecule has 0 bridgehead atoms. The normalized spacial score (nSPS) is 21.1. The van der Waals surface area contributed by atoms with Crippen LogP contribution in [0.15, 0.2) is 53.0 Å². The van der Waals surface area contributed by atoms with Crippen LogP contribution in [0.4, 0.5) is 0 Å². The Morgan fingerprint density at radius 2 is 1.97 bits per heavy atom. The molecule has 0 radical (unpaired) electrons. The number of carbonyl (C=O) groups is 2. The van der Waals surface area contributed by atoms with E-state index in [1.54, 1.807) is 4.90 Å². The van der Waals surface area contributed by atoms with Gasteiger partial charge in [-0.05, 0) is 35.7 Å². The third kappa shape index (κ3) is 3.05. The zero-order valence-electron chi connectivity index (χ0n) is 16.9. The van der Waals surface area contributed by atoms with Gasteiger partial charge in [-0.25, -0.2) is 0 Å². The summed E-state index contributed by atoms with van der Waals surface area (Å²) >= 11 is 3.57. The molecule has 2 aliphatic rings. The van der Waals surface area contributed by atoms with Gasteiger partial charge in [-0.15, -0.1) is 0 Å². The average Bonchev–Trinajstić information content (AvgIpc) is 3.12. The van der Waals surface area contributed by atoms with Crippen LogP contribution in [0.25, 0.3) is 10.9 Å². The zero-order chi connectivity index (χ0) is 20.8. The number of unbranched alkanes of at least 4 members (excludes halogenated alkanes) is 1. The van der Waals surface area contributed by atoms with Gasteiger partial charge in [-0.2, -0.15) is 0 Å². The SMILES string of the molecule is CCCCN1CC(=O)N2[C@H](c3cccc(Br)c3)c3[nH]c4ccccc4c3C[C@H]2C1=O. The molecule has 1 aromatic heterocycles. The highest BCUT2D eigenvalue weighted by molar-refractivity contribution is 9.10. The third-order valence-corrected chi connectivity index (χ3v) is 6.78. The number of H-pyrrole nitrogens is 1. The van der Waals surface area contributed by atoms with Crippen molar-refractivity contribution >= 4 is 38.6 Å². The number of hydrogen-bond donors (Lipinski definition) is 1. The molecule has 2 aromatic carbocycles. The lowest BCUT2D eigenvalue weighted by molar-refractivity contribution is -0.158. The van der Waals surface area contributed by atoms with Gasteiger partial charge in [0.1, 0.15) is 6.04 Å². The molecule has 0 spiro atoms. The fraction of sp³-hybridized carbons (Fsp3) is 0.333. The van der Waals surface area contributed by atoms with Gasteiger partial charge in [0.05, 0.1) is 12.6 Å². The van der Waals surface area contributed by atoms with E-state index < -0.39 is 6.04 Å². The van der Waals surface area contributed by atoms with Crippen LogP contribution >= 0.6 is 15.9 Å². The molecule has 5 rings (SSSR count). The molecule has 0 saturated carbocycles. The van der Waals surface area contributed by atoms with Gasteiger partial charge in [0.25, 0.3) is 0 Å². The van der Waals surface area contributed by atoms with Gasteiger partial charge in [-0.3, -0.25) is 9.59 Å². The number of aromatic nitrogens is 1. The second kappa shape index (κ2) is 7.58. The van der Waals surface area contributed by atoms with E-state index in [4.69, 9.17) is 0 Å². The monoisotopic (exact) mass is 465 g/mol. The van der Waals surface area contributed by atoms with Gasteiger partial charge in [-0.1, -0.05) is 59.6 Å². The molecule has 2 aliphatic heterocycles. The number of amides is 2. The summed E-state index contributed by atoms with van der Waals surface area (Å²) in [6.07, 6.45) is 2.47. The Labute approximate surface area is 184 Å². The topological polar surface area (TPSA) is 56.4 Å². The van der Waals surface area contributed by atoms with Gasteiger partial charge >= 0.3 is 0 Å². The van der Waals surface area contributed by atoms with Crippen LogP contribution in [0.1, 0.15) is 42.6 Å². The van der Waals surface area contributed by atoms with Crippen molar-refractivity contribution in [2.75, 3.05) is 13.1 Å². The molecular formula is C24H24BrN3O2. The van der Waals surface area contributed by atoms with Gasteiger partial charge in [0.2, 0.25) is 11.8 Å². The summed E-state index contributed by atoms with van der Waals surface area (Å²) in [5.41, 5.74) is 4.22. The highest BCUT2D eigenvalue weighted by atomic mass is 79.9. The summed E-state index contributed by atoms with van der Waals surface area (Å²) < 4.78 is 0.958. The molecule has 1 fully saturated rings. The maximum Gasteiger partial charge on any atom is 0.246 e. The number of para-hydroxylation sites is 1. The fourth-order valence-electron chi connectivity index (χ4n) is 4.88. The molecule has 0 aliphatic carbocycles. The lowest BCUT2D eigenvalue weighted by Crippen LogP contribution is -2.63. The highest BCUT2D eigenvalue weighted by Crippen LogP contribution is 2.42. The molecule has 2 amide bonds. The molecule has 154 valence electrons. The van der Waals surface area contributed by atoms with E-state index in [1.165, 1.54) is 0 Å². The first kappa shape index (κ1) is 19.4. The summed E-state index contributed by atoms with van der Waals surface area (Å²) in [7, 11) is 0. The van der Waals surface area contributed by atoms with E-state index in [9.17, 15) is 9.59 Å². The number of piperazine rings is 1. The van der Waals surface area contributed by atoms with Crippen LogP contribution in [-0.4, -0.2) is 45.7 Å². The van der Waals surface area contributed by atoms with Crippen molar-refractivity contribution in [3.05, 3.63) is 69.8 Å². The number of carbonyl (C=O) groups excluding carboxylic acids is 2. The first-order chi connectivity index (χ1) is 14.6. The van der Waals surface area contributed by atoms with Crippen LogP contribution in [0.3, 0.4) is 0 Å². The Morgan fingerprint density at radius 1 is 1.13 bits per heavy atom. The van der Waals surface area contributed by atoms with Crippen LogP contribution in [-0.2, 0) is 16.0 Å². The zero-order valence-corrected chi connectivity index (χ0v) is 18.5. The van der Waals surface area contributed by atoms with Gasteiger partial charge < -0.3 is 14.8 Å². The van der Waals surface area contributed by atoms with Crippen LogP contribution < -0.4 is 0 Å². The summed E-state index contributed by atoms with van der Waals surface area (Å²) in [4.78, 5) is 33.9. The molecule has 0 unspecified atom stereocenters. The summed E-state index contributed by atoms with van der Waals surface area (Å²) in [5.74, 6) is 0.0870. The lowest BCUT2D eigenvalue weighted by Gasteiger charge is -2.47. The van der Waals surface area contributed by atoms with E-state index in [-0.39, 0.29) is 24.4 Å². The molecule has 3 heterocycles. The van der Waals surface area contributed by atoms with Crippen LogP contribution in [0, 0.1) is 0 Å². The Morgan fingerprint density at radius 3 is 2.77 bits per heavy atom. The Kier molecular flexibility index (Phi) is 4.89. The number of nitrogens with zero attached hydrogens (tertiary/aromatic N) is 2. The van der Waals surface area contributed by atoms with Crippen molar-refractivity contribution < 1.29 is 9.59 Å². The molecule has 5 nitrogen and oxygen atoms in total. The highest BCUT2D eigenvalue weighted by Gasteiger charge is 2.48. The second-order valence-corrected chi connectivity index (χ2v) is 9.07. The Bertz CT molecular complexity index is 1140. The molecule has 3 aromatic rings. The number of benzene rings is 2. The van der Waals surface area contributed by atoms with Crippen molar-refractivity contribution in [3.8, 4) is 0 Å². The molecule has 1 saturated heterocycles. The number of hydrogen-bond acceptors (Lipinski definition) is 2. The minimum Gasteiger partial charge on any atom is -0.356 e. The number of nitrogens with one attached hydrogen (secondary N) is 1. The largest absolute Gasteiger partial charge is 0.356 e. The van der Waals surface area contributed by atoms with Crippen molar-refractivity contribution in [1.29, 1.82) is 0 Å². The molecule has 6 heteroatoms. The van der Waals surface area contributed by atoms with Crippen molar-refractivity contribution in [1.82, 2.24) is 14.8 Å². The summed E-state index contributed by atoms with van der Waals surface area (Å²) in [6.45, 7) is 2.91. The minimum atomic E-state index is -0.459. The van der Waals surface area contributed by atoms with E-state index in [0.717, 1.165) is 45.0 Å². The van der Waals surface area contributed by atoms with Crippen molar-refractivity contribution in [2.45, 2.75) is 38.3 Å². The summed E-state index contributed by atoms with van der Waals surface area (Å²) in [5, 5.41) is 1.14. The number of rotatable bonds is 4. The van der Waals surface area contributed by atoms with E-state index >= 15 is 0 Å². The van der Waals surface area contributed by atoms with E-state index in [0.29, 0.717) is 13.0 Å². The Balaban J connectivity index is 1.67. The summed E-state index contributed by atoms with van der Waals surface area (Å²) in [6, 6.07) is 15.5. The number of fused-ring (bicyclic) bond motifs is 4. The third-order valence-electron chi connectivity index (χ3n) is 6.29. The van der Waals surface area contributed by atoms with Gasteiger partial charge in [0, 0.05) is 34.0 Å². The van der Waals surface area contributed by atoms with Crippen molar-refractivity contribution in [2.24, 2.45) is 0 Å². The fourth-order valence-corrected chi connectivity index (χ4v) is 5.30. The Hall–Kier alpha value is -2.60. The minimum absolute atomic E-state index is 0.0185. The molecule has 30 heavy (non-hydrogen) atoms. The predicted molar refractivity (Wildman–Crippen MR) is 120 cm³/mol. The standard InChI is InChI=1S/C24H24BrN3O2/c1-2-3-11-27-14-21(29)28-20(24(27)30)13-18-17-9-4-5-10-19(17)26-22(18)23(28)15-7-6-8-16(25)12-15/h4-10,12,20,23,26H,2-3,11,13-14H2,1H3/t20-,23+/m0/s1. The lowest BCUT2D eigenvalue weighted by atomic mass is 9.86. The average molecular weight is 466 g/mol. The van der Waals surface area contributed by atoms with E-state index in [1.807, 2.05) is 41.3 Å². The maximum absolute atomic E-state index is 13.4. The van der Waals surface area contributed by atoms with Crippen LogP contribution in [0.2, 0.25) is 0 Å². The molecule has 1 N–H and O–H groups in total. The van der Waals surface area contributed by atoms with Gasteiger partial charge in [0.15, 0.2) is 0 Å². The predicted octanol–water partition coefficient (Wildman–Crippen LogP) is 4.42. The smallest absolute Gasteiger partial charge is 0.246 e. The van der Waals surface area contributed by atoms with Crippen molar-refractivity contribution in [3.63, 3.8) is 0 Å². The number of halogens is 1. The number of aromatic amines is 1. The molecule has 2 atom stereocenters. The van der Waals surface area contributed by atoms with Crippen LogP contribution in [0.5, 0.6) is 0 Å². The first-order valence-corrected chi connectivity index (χ1v) is 11.3.